The van der Waals surface area contributed by atoms with E-state index < -0.39 is 5.41 Å². The van der Waals surface area contributed by atoms with E-state index in [1.165, 1.54) is 0 Å². The van der Waals surface area contributed by atoms with Gasteiger partial charge in [-0.1, -0.05) is 16.8 Å². The van der Waals surface area contributed by atoms with Gasteiger partial charge >= 0.3 is 0 Å². The number of halogens is 2. The van der Waals surface area contributed by atoms with Crippen LogP contribution in [-0.2, 0) is 16.0 Å². The Kier molecular flexibility index (Phi) is 7.40. The first-order valence-corrected chi connectivity index (χ1v) is 8.65. The van der Waals surface area contributed by atoms with Crippen LogP contribution in [0.4, 0.5) is 0 Å². The van der Waals surface area contributed by atoms with Gasteiger partial charge in [0.2, 0.25) is 17.6 Å². The number of amides is 1. The summed E-state index contributed by atoms with van der Waals surface area (Å²) in [6.45, 7) is 1.88. The Morgan fingerprint density at radius 1 is 1.27 bits per heavy atom. The van der Waals surface area contributed by atoms with Crippen molar-refractivity contribution in [2.45, 2.75) is 19.3 Å². The second-order valence-electron chi connectivity index (χ2n) is 6.12. The highest BCUT2D eigenvalue weighted by Gasteiger charge is 2.38. The van der Waals surface area contributed by atoms with Gasteiger partial charge in [0.15, 0.2) is 0 Å². The Labute approximate surface area is 163 Å². The highest BCUT2D eigenvalue weighted by molar-refractivity contribution is 6.30. The summed E-state index contributed by atoms with van der Waals surface area (Å²) in [5.74, 6) is 0.940. The maximum atomic E-state index is 12.5. The number of benzene rings is 1. The lowest BCUT2D eigenvalue weighted by molar-refractivity contribution is -0.135. The Morgan fingerprint density at radius 3 is 2.62 bits per heavy atom. The molecule has 1 aromatic carbocycles. The van der Waals surface area contributed by atoms with Crippen molar-refractivity contribution in [2.75, 3.05) is 26.3 Å². The second kappa shape index (κ2) is 9.32. The first kappa shape index (κ1) is 20.6. The molecule has 0 bridgehead atoms. The van der Waals surface area contributed by atoms with Crippen LogP contribution in [-0.4, -0.2) is 42.4 Å². The molecule has 2 aromatic rings. The number of nitrogens with zero attached hydrogens (tertiary/aromatic N) is 2. The summed E-state index contributed by atoms with van der Waals surface area (Å²) < 4.78 is 10.6. The quantitative estimate of drug-likeness (QED) is 0.770. The number of nitrogens with one attached hydrogen (secondary N) is 1. The minimum Gasteiger partial charge on any atom is -0.381 e. The Morgan fingerprint density at radius 2 is 1.96 bits per heavy atom. The van der Waals surface area contributed by atoms with E-state index in [0.29, 0.717) is 62.3 Å². The smallest absolute Gasteiger partial charge is 0.228 e. The average Bonchev–Trinajstić information content (AvgIpc) is 3.11. The van der Waals surface area contributed by atoms with Crippen molar-refractivity contribution in [2.24, 2.45) is 11.1 Å². The lowest BCUT2D eigenvalue weighted by Crippen LogP contribution is -2.49. The number of carbonyl (C=O) groups is 1. The predicted octanol–water partition coefficient (Wildman–Crippen LogP) is 2.23. The van der Waals surface area contributed by atoms with Crippen molar-refractivity contribution >= 4 is 29.9 Å². The van der Waals surface area contributed by atoms with Gasteiger partial charge in [-0.2, -0.15) is 4.98 Å². The molecule has 26 heavy (non-hydrogen) atoms. The minimum absolute atomic E-state index is 0. The second-order valence-corrected chi connectivity index (χ2v) is 6.56. The molecule has 1 fully saturated rings. The molecular formula is C17H22Cl2N4O3. The zero-order valence-electron chi connectivity index (χ0n) is 14.2. The molecule has 0 aliphatic carbocycles. The molecule has 142 valence electrons. The third kappa shape index (κ3) is 4.73. The van der Waals surface area contributed by atoms with E-state index in [9.17, 15) is 4.79 Å². The van der Waals surface area contributed by atoms with E-state index in [1.54, 1.807) is 12.1 Å². The number of nitrogens with two attached hydrogens (primary N) is 1. The van der Waals surface area contributed by atoms with E-state index in [2.05, 4.69) is 15.5 Å². The van der Waals surface area contributed by atoms with Crippen LogP contribution in [0.3, 0.4) is 0 Å². The molecule has 0 saturated carbocycles. The van der Waals surface area contributed by atoms with Crippen molar-refractivity contribution in [1.29, 1.82) is 0 Å². The summed E-state index contributed by atoms with van der Waals surface area (Å²) in [5.41, 5.74) is 6.13. The van der Waals surface area contributed by atoms with Gasteiger partial charge in [-0.3, -0.25) is 4.79 Å². The molecule has 2 heterocycles. The summed E-state index contributed by atoms with van der Waals surface area (Å²) >= 11 is 5.87. The third-order valence-electron chi connectivity index (χ3n) is 4.52. The van der Waals surface area contributed by atoms with Crippen LogP contribution in [0.25, 0.3) is 11.4 Å². The summed E-state index contributed by atoms with van der Waals surface area (Å²) in [6.07, 6.45) is 1.76. The highest BCUT2D eigenvalue weighted by Crippen LogP contribution is 2.29. The number of aromatic nitrogens is 2. The topological polar surface area (TPSA) is 103 Å². The van der Waals surface area contributed by atoms with Crippen LogP contribution in [0.2, 0.25) is 5.02 Å². The molecule has 7 nitrogen and oxygen atoms in total. The van der Waals surface area contributed by atoms with Crippen LogP contribution in [0, 0.1) is 5.41 Å². The lowest BCUT2D eigenvalue weighted by Gasteiger charge is -2.34. The molecule has 0 unspecified atom stereocenters. The Balaban J connectivity index is 0.00000243. The summed E-state index contributed by atoms with van der Waals surface area (Å²) in [7, 11) is 0. The van der Waals surface area contributed by atoms with E-state index in [0.717, 1.165) is 5.56 Å². The van der Waals surface area contributed by atoms with Crippen LogP contribution in [0.5, 0.6) is 0 Å². The van der Waals surface area contributed by atoms with Crippen molar-refractivity contribution in [1.82, 2.24) is 15.5 Å². The fraction of sp³-hybridized carbons (Fsp3) is 0.471. The molecule has 0 atom stereocenters. The van der Waals surface area contributed by atoms with E-state index in [1.807, 2.05) is 12.1 Å². The molecule has 1 amide bonds. The normalized spacial score (nSPS) is 15.9. The number of rotatable bonds is 6. The molecule has 1 saturated heterocycles. The molecule has 1 aliphatic heterocycles. The van der Waals surface area contributed by atoms with Crippen LogP contribution in [0.1, 0.15) is 18.7 Å². The van der Waals surface area contributed by atoms with Gasteiger partial charge < -0.3 is 20.3 Å². The molecule has 1 aromatic heterocycles. The predicted molar refractivity (Wildman–Crippen MR) is 100 cm³/mol. The van der Waals surface area contributed by atoms with Gasteiger partial charge in [-0.05, 0) is 37.1 Å². The average molecular weight is 401 g/mol. The molecule has 3 N–H and O–H groups in total. The van der Waals surface area contributed by atoms with Gasteiger partial charge in [0.1, 0.15) is 0 Å². The zero-order chi connectivity index (χ0) is 17.7. The fourth-order valence-corrected chi connectivity index (χ4v) is 2.96. The Bertz CT molecular complexity index is 715. The molecule has 9 heteroatoms. The molecule has 0 spiro atoms. The van der Waals surface area contributed by atoms with Crippen molar-refractivity contribution in [3.8, 4) is 11.4 Å². The van der Waals surface area contributed by atoms with Crippen molar-refractivity contribution in [3.63, 3.8) is 0 Å². The van der Waals surface area contributed by atoms with Gasteiger partial charge in [0.25, 0.3) is 0 Å². The monoisotopic (exact) mass is 400 g/mol. The molecular weight excluding hydrogens is 379 g/mol. The van der Waals surface area contributed by atoms with Crippen molar-refractivity contribution < 1.29 is 14.1 Å². The summed E-state index contributed by atoms with van der Waals surface area (Å²) in [6, 6.07) is 7.20. The van der Waals surface area contributed by atoms with Crippen LogP contribution < -0.4 is 11.1 Å². The minimum atomic E-state index is -0.526. The van der Waals surface area contributed by atoms with Gasteiger partial charge in [-0.15, -0.1) is 12.4 Å². The van der Waals surface area contributed by atoms with Gasteiger partial charge in [0.05, 0.1) is 5.41 Å². The van der Waals surface area contributed by atoms with Gasteiger partial charge in [-0.25, -0.2) is 0 Å². The number of ether oxygens (including phenoxy) is 1. The van der Waals surface area contributed by atoms with Crippen LogP contribution in [0.15, 0.2) is 28.8 Å². The highest BCUT2D eigenvalue weighted by atomic mass is 35.5. The molecule has 1 aliphatic rings. The summed E-state index contributed by atoms with van der Waals surface area (Å²) in [4.78, 5) is 16.8. The van der Waals surface area contributed by atoms with E-state index >= 15 is 0 Å². The van der Waals surface area contributed by atoms with Crippen LogP contribution >= 0.6 is 24.0 Å². The third-order valence-corrected chi connectivity index (χ3v) is 4.77. The first-order valence-electron chi connectivity index (χ1n) is 8.28. The van der Waals surface area contributed by atoms with E-state index in [-0.39, 0.29) is 18.3 Å². The first-order chi connectivity index (χ1) is 12.1. The number of carbonyl (C=O) groups excluding carboxylic acids is 1. The fourth-order valence-electron chi connectivity index (χ4n) is 2.83. The summed E-state index contributed by atoms with van der Waals surface area (Å²) in [5, 5.41) is 7.53. The van der Waals surface area contributed by atoms with E-state index in [4.69, 9.17) is 26.6 Å². The SMILES string of the molecule is Cl.NCC1(C(=O)NCCc2nc(-c3ccc(Cl)cc3)no2)CCOCC1. The number of hydrogen-bond donors (Lipinski definition) is 2. The standard InChI is InChI=1S/C17H21ClN4O3.ClH/c18-13-3-1-12(2-4-13)15-21-14(25-22-15)5-8-20-16(23)17(11-19)6-9-24-10-7-17;/h1-4H,5-11,19H2,(H,20,23);1H. The van der Waals surface area contributed by atoms with Gasteiger partial charge in [0, 0.05) is 43.3 Å². The largest absolute Gasteiger partial charge is 0.381 e. The Hall–Kier alpha value is -1.67. The number of hydrogen-bond acceptors (Lipinski definition) is 6. The van der Waals surface area contributed by atoms with Crippen molar-refractivity contribution in [3.05, 3.63) is 35.2 Å². The maximum absolute atomic E-state index is 12.5. The lowest BCUT2D eigenvalue weighted by atomic mass is 9.79. The zero-order valence-corrected chi connectivity index (χ0v) is 15.8. The molecule has 3 rings (SSSR count). The maximum Gasteiger partial charge on any atom is 0.228 e. The molecule has 0 radical (unpaired) electrons.